The standard InChI is InChI=1S/C46H80NO16/c1-16-18-21-58-34(49)20-19-33(48)47(12,13)31-22-26(4)59-43(37(31)51)63-41-28(6)38(62-35-24-44(9,56-14)40(53)30(8)60-35)29(7)42(54)61-32(17-2)46(11,55)39(52)27(5)36(50)25(3)23-45(41,10)57-15/h19-20,25-32,35,37-41,43,51-53,55H,16-18,21-24H2,1-15H3/q+1/b20-19+/t25-,26+,27+,28-,29+,30+,31-,32-,35+,37+,38+,39+,40+,41-,43-,44-,45-,46-/m1/s1. The van der Waals surface area contributed by atoms with Crippen molar-refractivity contribution in [2.45, 2.75) is 199 Å². The Balaban J connectivity index is 2.19. The van der Waals surface area contributed by atoms with Crippen LogP contribution in [-0.2, 0) is 57.1 Å². The Labute approximate surface area is 374 Å². The summed E-state index contributed by atoms with van der Waals surface area (Å²) < 4.78 is 49.0. The topological polar surface area (TPSA) is 223 Å². The van der Waals surface area contributed by atoms with Gasteiger partial charge in [-0.2, -0.15) is 0 Å². The van der Waals surface area contributed by atoms with E-state index in [1.807, 2.05) is 6.92 Å². The van der Waals surface area contributed by atoms with Gasteiger partial charge in [0.05, 0.1) is 68.3 Å². The van der Waals surface area contributed by atoms with E-state index in [1.54, 1.807) is 69.5 Å². The number of hydrogen-bond acceptors (Lipinski definition) is 16. The quantitative estimate of drug-likeness (QED) is 0.0901. The number of amides is 1. The van der Waals surface area contributed by atoms with E-state index < -0.39 is 126 Å². The summed E-state index contributed by atoms with van der Waals surface area (Å²) in [5.74, 6) is -6.15. The minimum atomic E-state index is -2.03. The van der Waals surface area contributed by atoms with Crippen LogP contribution in [-0.4, -0.2) is 168 Å². The normalized spacial score (nSPS) is 42.7. The number of nitrogens with zero attached hydrogens (tertiary/aromatic N) is 1. The number of likely N-dealkylation sites (N-methyl/N-ethyl adjacent to an activating group) is 1. The molecule has 1 amide bonds. The number of carbonyl (C=O) groups excluding carboxylic acids is 4. The van der Waals surface area contributed by atoms with Gasteiger partial charge in [-0.05, 0) is 60.8 Å². The summed E-state index contributed by atoms with van der Waals surface area (Å²) in [6.45, 7) is 18.7. The zero-order chi connectivity index (χ0) is 48.0. The predicted octanol–water partition coefficient (Wildman–Crippen LogP) is 3.38. The van der Waals surface area contributed by atoms with Crippen molar-refractivity contribution in [3.8, 4) is 0 Å². The zero-order valence-electron chi connectivity index (χ0n) is 40.4. The second-order valence-electron chi connectivity index (χ2n) is 19.4. The third-order valence-corrected chi connectivity index (χ3v) is 14.1. The van der Waals surface area contributed by atoms with Crippen LogP contribution in [0.25, 0.3) is 0 Å². The smallest absolute Gasteiger partial charge is 0.338 e. The van der Waals surface area contributed by atoms with Crippen LogP contribution in [0.3, 0.4) is 0 Å². The third-order valence-electron chi connectivity index (χ3n) is 14.1. The van der Waals surface area contributed by atoms with Crippen molar-refractivity contribution in [3.63, 3.8) is 0 Å². The van der Waals surface area contributed by atoms with Crippen molar-refractivity contribution in [1.82, 2.24) is 0 Å². The molecule has 0 bridgehead atoms. The van der Waals surface area contributed by atoms with Crippen LogP contribution in [0.2, 0.25) is 0 Å². The van der Waals surface area contributed by atoms with E-state index >= 15 is 0 Å². The Kier molecular flexibility index (Phi) is 19.5. The number of ketones is 1. The number of rotatable bonds is 13. The number of aliphatic hydroxyl groups is 4. The van der Waals surface area contributed by atoms with Crippen LogP contribution in [0.15, 0.2) is 12.2 Å². The van der Waals surface area contributed by atoms with Gasteiger partial charge in [0.1, 0.15) is 29.6 Å². The Morgan fingerprint density at radius 1 is 0.857 bits per heavy atom. The van der Waals surface area contributed by atoms with Crippen LogP contribution in [0.1, 0.15) is 115 Å². The number of ether oxygens (including phenoxy) is 8. The maximum atomic E-state index is 14.4. The number of cyclic esters (lactones) is 1. The predicted molar refractivity (Wildman–Crippen MR) is 229 cm³/mol. The van der Waals surface area contributed by atoms with E-state index in [1.165, 1.54) is 28.1 Å². The van der Waals surface area contributed by atoms with E-state index in [0.29, 0.717) is 6.42 Å². The molecular weight excluding hydrogens is 822 g/mol. The molecule has 3 heterocycles. The van der Waals surface area contributed by atoms with E-state index in [9.17, 15) is 39.6 Å². The summed E-state index contributed by atoms with van der Waals surface area (Å²) in [4.78, 5) is 54.6. The largest absolute Gasteiger partial charge is 0.463 e. The van der Waals surface area contributed by atoms with Gasteiger partial charge in [-0.15, -0.1) is 0 Å². The van der Waals surface area contributed by atoms with Gasteiger partial charge >= 0.3 is 17.8 Å². The molecule has 4 N–H and O–H groups in total. The highest BCUT2D eigenvalue weighted by molar-refractivity contribution is 5.91. The molecule has 0 radical (unpaired) electrons. The summed E-state index contributed by atoms with van der Waals surface area (Å²) in [7, 11) is 6.17. The summed E-state index contributed by atoms with van der Waals surface area (Å²) in [6.07, 6.45) is -7.12. The number of quaternary nitrogens is 1. The Morgan fingerprint density at radius 2 is 1.48 bits per heavy atom. The minimum absolute atomic E-state index is 0.00515. The zero-order valence-corrected chi connectivity index (χ0v) is 40.4. The van der Waals surface area contributed by atoms with Crippen LogP contribution in [0.5, 0.6) is 0 Å². The molecule has 364 valence electrons. The SMILES string of the molecule is CCCCOC(=O)/C=C/C(=O)[N+](C)(C)[C@@H]1C[C@H](C)O[C@H](O[C@@H]2[C@H](C)[C@H](O[C@H]3C[C@@](C)(OC)[C@@H](O)[C@H](C)O3)[C@H](C)C(=O)O[C@H](CC)[C@@](C)(O)[C@@H](O)[C@@H](C)C(=O)[C@H](C)C[C@@]2(C)OC)[C@H]1O. The van der Waals surface area contributed by atoms with E-state index in [-0.39, 0.29) is 42.6 Å². The van der Waals surface area contributed by atoms with Gasteiger partial charge in [0, 0.05) is 57.0 Å². The van der Waals surface area contributed by atoms with Gasteiger partial charge in [0.25, 0.3) is 0 Å². The van der Waals surface area contributed by atoms with Crippen molar-refractivity contribution in [1.29, 1.82) is 0 Å². The second kappa shape index (κ2) is 22.4. The lowest BCUT2D eigenvalue weighted by atomic mass is 9.74. The van der Waals surface area contributed by atoms with Gasteiger partial charge in [0.2, 0.25) is 0 Å². The first kappa shape index (κ1) is 54.9. The Morgan fingerprint density at radius 3 is 2.05 bits per heavy atom. The summed E-state index contributed by atoms with van der Waals surface area (Å²) in [5, 5.41) is 46.5. The molecule has 0 saturated carbocycles. The first-order valence-electron chi connectivity index (χ1n) is 22.6. The highest BCUT2D eigenvalue weighted by Crippen LogP contribution is 2.42. The fraction of sp³-hybridized carbons (Fsp3) is 0.870. The second-order valence-corrected chi connectivity index (χ2v) is 19.4. The van der Waals surface area contributed by atoms with Crippen molar-refractivity contribution < 1.29 is 82.0 Å². The molecule has 63 heavy (non-hydrogen) atoms. The molecule has 3 rings (SSSR count). The molecule has 18 atom stereocenters. The fourth-order valence-corrected chi connectivity index (χ4v) is 9.57. The molecule has 0 aromatic carbocycles. The molecule has 17 nitrogen and oxygen atoms in total. The molecule has 17 heteroatoms. The Hall–Kier alpha value is -2.42. The first-order chi connectivity index (χ1) is 29.2. The first-order valence-corrected chi connectivity index (χ1v) is 22.6. The van der Waals surface area contributed by atoms with Crippen molar-refractivity contribution >= 4 is 23.6 Å². The fourth-order valence-electron chi connectivity index (χ4n) is 9.57. The van der Waals surface area contributed by atoms with Crippen molar-refractivity contribution in [2.75, 3.05) is 34.9 Å². The molecule has 3 saturated heterocycles. The molecule has 0 spiro atoms. The highest BCUT2D eigenvalue weighted by atomic mass is 16.7. The monoisotopic (exact) mass is 903 g/mol. The number of esters is 2. The van der Waals surface area contributed by atoms with Crippen LogP contribution in [0.4, 0.5) is 0 Å². The maximum absolute atomic E-state index is 14.4. The van der Waals surface area contributed by atoms with E-state index in [0.717, 1.165) is 18.6 Å². The lowest BCUT2D eigenvalue weighted by Gasteiger charge is -2.50. The van der Waals surface area contributed by atoms with Crippen molar-refractivity contribution in [3.05, 3.63) is 12.2 Å². The van der Waals surface area contributed by atoms with Gasteiger partial charge in [0.15, 0.2) is 18.7 Å². The third kappa shape index (κ3) is 12.5. The van der Waals surface area contributed by atoms with E-state index in [4.69, 9.17) is 37.9 Å². The summed E-state index contributed by atoms with van der Waals surface area (Å²) >= 11 is 0. The number of carbonyl (C=O) groups is 4. The van der Waals surface area contributed by atoms with Gasteiger partial charge in [-0.3, -0.25) is 14.1 Å². The van der Waals surface area contributed by atoms with Gasteiger partial charge in [-0.25, -0.2) is 9.59 Å². The molecule has 3 fully saturated rings. The average molecular weight is 903 g/mol. The van der Waals surface area contributed by atoms with E-state index in [2.05, 4.69) is 0 Å². The van der Waals surface area contributed by atoms with Crippen LogP contribution >= 0.6 is 0 Å². The maximum Gasteiger partial charge on any atom is 0.338 e. The number of unbranched alkanes of at least 4 members (excludes halogenated alkanes) is 1. The number of Topliss-reactive ketones (excluding diaryl/α,β-unsaturated/α-hetero) is 1. The molecule has 3 aliphatic heterocycles. The average Bonchev–Trinajstić information content (AvgIpc) is 3.23. The molecule has 0 aromatic rings. The number of aliphatic hydroxyl groups excluding tert-OH is 3. The van der Waals surface area contributed by atoms with Crippen LogP contribution < -0.4 is 0 Å². The highest BCUT2D eigenvalue weighted by Gasteiger charge is 2.55. The molecular formula is C46H80NO16+. The Bertz CT molecular complexity index is 1570. The minimum Gasteiger partial charge on any atom is -0.463 e. The lowest BCUT2D eigenvalue weighted by molar-refractivity contribution is -0.847. The van der Waals surface area contributed by atoms with Crippen molar-refractivity contribution in [2.24, 2.45) is 23.7 Å². The summed E-state index contributed by atoms with van der Waals surface area (Å²) in [6, 6.07) is -0.799. The molecule has 3 aliphatic rings. The lowest BCUT2D eigenvalue weighted by Crippen LogP contribution is -2.65. The number of methoxy groups -OCH3 is 2. The molecule has 0 aromatic heterocycles. The summed E-state index contributed by atoms with van der Waals surface area (Å²) in [5.41, 5.74) is -4.52. The van der Waals surface area contributed by atoms with Gasteiger partial charge in [-0.1, -0.05) is 41.0 Å². The number of hydrogen-bond donors (Lipinski definition) is 4. The molecule has 0 unspecified atom stereocenters. The molecule has 0 aliphatic carbocycles. The van der Waals surface area contributed by atoms with Crippen LogP contribution in [0, 0.1) is 23.7 Å². The van der Waals surface area contributed by atoms with Gasteiger partial charge < -0.3 is 58.3 Å².